The van der Waals surface area contributed by atoms with Gasteiger partial charge in [-0.15, -0.1) is 11.3 Å². The van der Waals surface area contributed by atoms with Gasteiger partial charge in [0.1, 0.15) is 0 Å². The van der Waals surface area contributed by atoms with Gasteiger partial charge in [0.05, 0.1) is 22.1 Å². The summed E-state index contributed by atoms with van der Waals surface area (Å²) in [7, 11) is 0. The fourth-order valence-electron chi connectivity index (χ4n) is 1.92. The molecule has 3 unspecified atom stereocenters. The molecule has 2 rings (SSSR count). The van der Waals surface area contributed by atoms with E-state index < -0.39 is 0 Å². The highest BCUT2D eigenvalue weighted by Gasteiger charge is 2.28. The van der Waals surface area contributed by atoms with Crippen LogP contribution in [0.5, 0.6) is 0 Å². The Kier molecular flexibility index (Phi) is 3.83. The molecule has 2 heterocycles. The summed E-state index contributed by atoms with van der Waals surface area (Å²) in [4.78, 5) is 1.21. The van der Waals surface area contributed by atoms with Gasteiger partial charge in [-0.05, 0) is 47.8 Å². The minimum absolute atomic E-state index is 0.0286. The second-order valence-corrected chi connectivity index (χ2v) is 6.59. The van der Waals surface area contributed by atoms with Crippen molar-refractivity contribution in [2.75, 3.05) is 0 Å². The molecule has 0 aromatic carbocycles. The average Bonchev–Trinajstić information content (AvgIpc) is 2.75. The van der Waals surface area contributed by atoms with Gasteiger partial charge in [0, 0.05) is 11.3 Å². The standard InChI is InChI=1S/C11H15BrO2S/c1-7-2-4-10(14-7)9(13)6-8-3-5-11(12)15-8/h3,5,7,9-10,13H,2,4,6H2,1H3. The van der Waals surface area contributed by atoms with Crippen LogP contribution in [0, 0.1) is 0 Å². The van der Waals surface area contributed by atoms with E-state index >= 15 is 0 Å². The van der Waals surface area contributed by atoms with Crippen molar-refractivity contribution in [1.29, 1.82) is 0 Å². The number of hydrogen-bond donors (Lipinski definition) is 1. The number of hydrogen-bond acceptors (Lipinski definition) is 3. The van der Waals surface area contributed by atoms with Crippen molar-refractivity contribution < 1.29 is 9.84 Å². The highest BCUT2D eigenvalue weighted by atomic mass is 79.9. The summed E-state index contributed by atoms with van der Waals surface area (Å²) < 4.78 is 6.76. The Morgan fingerprint density at radius 2 is 2.40 bits per heavy atom. The molecule has 0 saturated carbocycles. The Hall–Kier alpha value is 0.1000. The largest absolute Gasteiger partial charge is 0.390 e. The number of aliphatic hydroxyl groups excluding tert-OH is 1. The van der Waals surface area contributed by atoms with Crippen molar-refractivity contribution in [2.45, 2.75) is 44.5 Å². The molecule has 0 radical (unpaired) electrons. The van der Waals surface area contributed by atoms with Gasteiger partial charge < -0.3 is 9.84 Å². The molecule has 1 saturated heterocycles. The summed E-state index contributed by atoms with van der Waals surface area (Å²) >= 11 is 5.10. The molecular formula is C11H15BrO2S. The van der Waals surface area contributed by atoms with Crippen LogP contribution in [0.3, 0.4) is 0 Å². The molecule has 0 aliphatic carbocycles. The second-order valence-electron chi connectivity index (χ2n) is 4.04. The van der Waals surface area contributed by atoms with Gasteiger partial charge in [-0.2, -0.15) is 0 Å². The zero-order chi connectivity index (χ0) is 10.8. The molecule has 2 nitrogen and oxygen atoms in total. The zero-order valence-electron chi connectivity index (χ0n) is 8.65. The normalized spacial score (nSPS) is 28.2. The van der Waals surface area contributed by atoms with Crippen molar-refractivity contribution >= 4 is 27.3 Å². The third kappa shape index (κ3) is 3.03. The summed E-state index contributed by atoms with van der Waals surface area (Å²) in [6.07, 6.45) is 2.72. The number of ether oxygens (including phenoxy) is 1. The highest BCUT2D eigenvalue weighted by molar-refractivity contribution is 9.11. The van der Waals surface area contributed by atoms with Crippen LogP contribution in [0.4, 0.5) is 0 Å². The predicted molar refractivity (Wildman–Crippen MR) is 65.3 cm³/mol. The lowest BCUT2D eigenvalue weighted by Gasteiger charge is -2.17. The van der Waals surface area contributed by atoms with Crippen molar-refractivity contribution in [3.8, 4) is 0 Å². The minimum Gasteiger partial charge on any atom is -0.390 e. The van der Waals surface area contributed by atoms with Crippen LogP contribution in [-0.2, 0) is 11.2 Å². The molecule has 1 fully saturated rings. The lowest BCUT2D eigenvalue weighted by molar-refractivity contribution is -0.0275. The van der Waals surface area contributed by atoms with Crippen molar-refractivity contribution in [3.63, 3.8) is 0 Å². The van der Waals surface area contributed by atoms with E-state index in [1.54, 1.807) is 11.3 Å². The molecule has 0 spiro atoms. The van der Waals surface area contributed by atoms with Crippen LogP contribution in [0.25, 0.3) is 0 Å². The van der Waals surface area contributed by atoms with E-state index in [2.05, 4.69) is 28.9 Å². The van der Waals surface area contributed by atoms with E-state index in [0.29, 0.717) is 12.5 Å². The molecule has 4 heteroatoms. The van der Waals surface area contributed by atoms with Gasteiger partial charge in [0.25, 0.3) is 0 Å². The quantitative estimate of drug-likeness (QED) is 0.927. The first-order valence-corrected chi connectivity index (χ1v) is 6.84. The molecule has 84 valence electrons. The summed E-state index contributed by atoms with van der Waals surface area (Å²) in [5, 5.41) is 10.00. The Labute approximate surface area is 102 Å². The third-order valence-electron chi connectivity index (χ3n) is 2.73. The van der Waals surface area contributed by atoms with Crippen LogP contribution in [0.1, 0.15) is 24.6 Å². The first kappa shape index (κ1) is 11.6. The molecule has 0 amide bonds. The van der Waals surface area contributed by atoms with Crippen molar-refractivity contribution in [1.82, 2.24) is 0 Å². The summed E-state index contributed by atoms with van der Waals surface area (Å²) in [5.74, 6) is 0. The molecule has 15 heavy (non-hydrogen) atoms. The number of rotatable bonds is 3. The number of thiophene rings is 1. The molecule has 1 aromatic rings. The average molecular weight is 291 g/mol. The lowest BCUT2D eigenvalue weighted by atomic mass is 10.1. The number of halogens is 1. The Balaban J connectivity index is 1.89. The van der Waals surface area contributed by atoms with Gasteiger partial charge in [0.2, 0.25) is 0 Å². The monoisotopic (exact) mass is 290 g/mol. The third-order valence-corrected chi connectivity index (χ3v) is 4.38. The van der Waals surface area contributed by atoms with Gasteiger partial charge in [-0.1, -0.05) is 0 Å². The van der Waals surface area contributed by atoms with E-state index in [9.17, 15) is 5.11 Å². The maximum atomic E-state index is 10.00. The Bertz CT molecular complexity index is 326. The van der Waals surface area contributed by atoms with E-state index in [4.69, 9.17) is 4.74 Å². The molecule has 1 aliphatic heterocycles. The maximum Gasteiger partial charge on any atom is 0.0850 e. The first-order valence-electron chi connectivity index (χ1n) is 5.23. The molecule has 1 N–H and O–H groups in total. The molecule has 3 atom stereocenters. The first-order chi connectivity index (χ1) is 7.15. The van der Waals surface area contributed by atoms with Gasteiger partial charge >= 0.3 is 0 Å². The van der Waals surface area contributed by atoms with E-state index in [0.717, 1.165) is 16.6 Å². The SMILES string of the molecule is CC1CCC(C(O)Cc2ccc(Br)s2)O1. The maximum absolute atomic E-state index is 10.00. The molecule has 1 aromatic heterocycles. The van der Waals surface area contributed by atoms with Crippen LogP contribution in [0.15, 0.2) is 15.9 Å². The summed E-state index contributed by atoms with van der Waals surface area (Å²) in [6, 6.07) is 4.07. The second kappa shape index (κ2) is 4.95. The van der Waals surface area contributed by atoms with Crippen LogP contribution in [-0.4, -0.2) is 23.4 Å². The summed E-state index contributed by atoms with van der Waals surface area (Å²) in [6.45, 7) is 2.06. The van der Waals surface area contributed by atoms with Gasteiger partial charge in [-0.3, -0.25) is 0 Å². The fourth-order valence-corrected chi connectivity index (χ4v) is 3.45. The topological polar surface area (TPSA) is 29.5 Å². The summed E-state index contributed by atoms with van der Waals surface area (Å²) in [5.41, 5.74) is 0. The predicted octanol–water partition coefficient (Wildman–Crippen LogP) is 2.98. The van der Waals surface area contributed by atoms with E-state index in [-0.39, 0.29) is 12.2 Å². The molecule has 1 aliphatic rings. The smallest absolute Gasteiger partial charge is 0.0850 e. The zero-order valence-corrected chi connectivity index (χ0v) is 11.1. The fraction of sp³-hybridized carbons (Fsp3) is 0.636. The molecular weight excluding hydrogens is 276 g/mol. The van der Waals surface area contributed by atoms with E-state index in [1.165, 1.54) is 4.88 Å². The highest BCUT2D eigenvalue weighted by Crippen LogP contribution is 2.27. The van der Waals surface area contributed by atoms with Gasteiger partial charge in [0.15, 0.2) is 0 Å². The van der Waals surface area contributed by atoms with Gasteiger partial charge in [-0.25, -0.2) is 0 Å². The van der Waals surface area contributed by atoms with Crippen LogP contribution >= 0.6 is 27.3 Å². The number of aliphatic hydroxyl groups is 1. The van der Waals surface area contributed by atoms with Crippen molar-refractivity contribution in [3.05, 3.63) is 20.8 Å². The van der Waals surface area contributed by atoms with E-state index in [1.807, 2.05) is 6.07 Å². The van der Waals surface area contributed by atoms with Crippen LogP contribution in [0.2, 0.25) is 0 Å². The lowest BCUT2D eigenvalue weighted by Crippen LogP contribution is -2.27. The molecule has 0 bridgehead atoms. The van der Waals surface area contributed by atoms with Crippen molar-refractivity contribution in [2.24, 2.45) is 0 Å². The minimum atomic E-state index is -0.361. The van der Waals surface area contributed by atoms with Crippen LogP contribution < -0.4 is 0 Å². The Morgan fingerprint density at radius 1 is 1.60 bits per heavy atom. The Morgan fingerprint density at radius 3 is 2.93 bits per heavy atom.